The summed E-state index contributed by atoms with van der Waals surface area (Å²) in [6, 6.07) is 0. The summed E-state index contributed by atoms with van der Waals surface area (Å²) >= 11 is 0. The standard InChI is InChI=1S/C15H30O2/c1-4-6-7-8-9-10-12-15(16)17-13-14(3)11-5-2/h14H,4-13H2,1-3H3. The van der Waals surface area contributed by atoms with Crippen LogP contribution in [0.3, 0.4) is 0 Å². The third kappa shape index (κ3) is 11.7. The summed E-state index contributed by atoms with van der Waals surface area (Å²) in [5.41, 5.74) is 0. The third-order valence-electron chi connectivity index (χ3n) is 3.04. The Morgan fingerprint density at radius 1 is 1.00 bits per heavy atom. The molecule has 0 bridgehead atoms. The van der Waals surface area contributed by atoms with Crippen LogP contribution in [0.2, 0.25) is 0 Å². The zero-order valence-electron chi connectivity index (χ0n) is 12.0. The minimum Gasteiger partial charge on any atom is -0.465 e. The van der Waals surface area contributed by atoms with Crippen molar-refractivity contribution in [3.63, 3.8) is 0 Å². The van der Waals surface area contributed by atoms with Gasteiger partial charge in [-0.3, -0.25) is 4.79 Å². The van der Waals surface area contributed by atoms with E-state index in [1.807, 2.05) is 0 Å². The summed E-state index contributed by atoms with van der Waals surface area (Å²) in [5.74, 6) is 0.497. The van der Waals surface area contributed by atoms with Crippen molar-refractivity contribution in [2.24, 2.45) is 5.92 Å². The molecule has 0 rings (SSSR count). The summed E-state index contributed by atoms with van der Waals surface area (Å²) in [4.78, 5) is 11.4. The molecule has 0 radical (unpaired) electrons. The Labute approximate surface area is 107 Å². The van der Waals surface area contributed by atoms with E-state index in [0.717, 1.165) is 19.3 Å². The van der Waals surface area contributed by atoms with Crippen molar-refractivity contribution >= 4 is 5.97 Å². The molecule has 0 N–H and O–H groups in total. The first-order valence-corrected chi connectivity index (χ1v) is 7.36. The normalized spacial score (nSPS) is 12.4. The first-order chi connectivity index (χ1) is 8.20. The van der Waals surface area contributed by atoms with E-state index in [-0.39, 0.29) is 5.97 Å². The molecule has 0 aromatic heterocycles. The molecule has 1 unspecified atom stereocenters. The van der Waals surface area contributed by atoms with Gasteiger partial charge in [0.05, 0.1) is 6.61 Å². The second-order valence-corrected chi connectivity index (χ2v) is 5.09. The van der Waals surface area contributed by atoms with Crippen molar-refractivity contribution < 1.29 is 9.53 Å². The molecule has 0 aromatic rings. The highest BCUT2D eigenvalue weighted by molar-refractivity contribution is 5.69. The van der Waals surface area contributed by atoms with E-state index >= 15 is 0 Å². The minimum atomic E-state index is -0.0107. The maximum Gasteiger partial charge on any atom is 0.305 e. The molecule has 0 aliphatic heterocycles. The molecule has 0 amide bonds. The lowest BCUT2D eigenvalue weighted by Gasteiger charge is -2.10. The van der Waals surface area contributed by atoms with Crippen LogP contribution in [-0.4, -0.2) is 12.6 Å². The number of hydrogen-bond acceptors (Lipinski definition) is 2. The quantitative estimate of drug-likeness (QED) is 0.387. The fourth-order valence-corrected chi connectivity index (χ4v) is 1.93. The first-order valence-electron chi connectivity index (χ1n) is 7.36. The fourth-order valence-electron chi connectivity index (χ4n) is 1.93. The van der Waals surface area contributed by atoms with Gasteiger partial charge in [0, 0.05) is 6.42 Å². The van der Waals surface area contributed by atoms with Gasteiger partial charge in [0.15, 0.2) is 0 Å². The second-order valence-electron chi connectivity index (χ2n) is 5.09. The van der Waals surface area contributed by atoms with Gasteiger partial charge in [-0.15, -0.1) is 0 Å². The molecule has 17 heavy (non-hydrogen) atoms. The number of ether oxygens (including phenoxy) is 1. The summed E-state index contributed by atoms with van der Waals surface area (Å²) < 4.78 is 5.25. The summed E-state index contributed by atoms with van der Waals surface area (Å²) in [7, 11) is 0. The van der Waals surface area contributed by atoms with Crippen molar-refractivity contribution in [2.45, 2.75) is 78.6 Å². The number of hydrogen-bond donors (Lipinski definition) is 0. The summed E-state index contributed by atoms with van der Waals surface area (Å²) in [6.45, 7) is 7.12. The van der Waals surface area contributed by atoms with Crippen molar-refractivity contribution in [1.29, 1.82) is 0 Å². The summed E-state index contributed by atoms with van der Waals surface area (Å²) in [5, 5.41) is 0. The second kappa shape index (κ2) is 11.9. The Kier molecular flexibility index (Phi) is 11.6. The zero-order chi connectivity index (χ0) is 12.9. The molecule has 2 heteroatoms. The Morgan fingerprint density at radius 2 is 1.65 bits per heavy atom. The van der Waals surface area contributed by atoms with Crippen molar-refractivity contribution in [3.8, 4) is 0 Å². The van der Waals surface area contributed by atoms with Gasteiger partial charge in [-0.25, -0.2) is 0 Å². The predicted octanol–water partition coefficient (Wildman–Crippen LogP) is 4.72. The van der Waals surface area contributed by atoms with Gasteiger partial charge in [0.2, 0.25) is 0 Å². The van der Waals surface area contributed by atoms with Crippen molar-refractivity contribution in [1.82, 2.24) is 0 Å². The molecule has 102 valence electrons. The van der Waals surface area contributed by atoms with Crippen molar-refractivity contribution in [2.75, 3.05) is 6.61 Å². The van der Waals surface area contributed by atoms with E-state index < -0.39 is 0 Å². The largest absolute Gasteiger partial charge is 0.465 e. The van der Waals surface area contributed by atoms with Crippen LogP contribution >= 0.6 is 0 Å². The molecule has 2 nitrogen and oxygen atoms in total. The number of carbonyl (C=O) groups excluding carboxylic acids is 1. The molecule has 0 fully saturated rings. The highest BCUT2D eigenvalue weighted by Gasteiger charge is 2.06. The van der Waals surface area contributed by atoms with Gasteiger partial charge >= 0.3 is 5.97 Å². The molecule has 0 aliphatic carbocycles. The van der Waals surface area contributed by atoms with Gasteiger partial charge in [-0.1, -0.05) is 59.3 Å². The van der Waals surface area contributed by atoms with Gasteiger partial charge in [-0.2, -0.15) is 0 Å². The van der Waals surface area contributed by atoms with E-state index in [4.69, 9.17) is 4.74 Å². The average Bonchev–Trinajstić information content (AvgIpc) is 2.31. The number of esters is 1. The Balaban J connectivity index is 3.28. The van der Waals surface area contributed by atoms with E-state index in [2.05, 4.69) is 20.8 Å². The molecule has 0 saturated carbocycles. The van der Waals surface area contributed by atoms with Crippen LogP contribution in [0.1, 0.15) is 78.6 Å². The van der Waals surface area contributed by atoms with E-state index in [1.165, 1.54) is 32.1 Å². The first kappa shape index (κ1) is 16.5. The Morgan fingerprint density at radius 3 is 2.29 bits per heavy atom. The maximum atomic E-state index is 11.4. The Hall–Kier alpha value is -0.530. The zero-order valence-corrected chi connectivity index (χ0v) is 12.0. The molecule has 0 aliphatic rings. The molecular formula is C15H30O2. The molecule has 1 atom stereocenters. The van der Waals surface area contributed by atoms with Crippen LogP contribution in [0.15, 0.2) is 0 Å². The predicted molar refractivity (Wildman–Crippen MR) is 73.0 cm³/mol. The van der Waals surface area contributed by atoms with Gasteiger partial charge in [0.1, 0.15) is 0 Å². The molecule has 0 saturated heterocycles. The molecular weight excluding hydrogens is 212 g/mol. The van der Waals surface area contributed by atoms with Crippen LogP contribution in [0, 0.1) is 5.92 Å². The highest BCUT2D eigenvalue weighted by Crippen LogP contribution is 2.09. The van der Waals surface area contributed by atoms with E-state index in [9.17, 15) is 4.79 Å². The molecule has 0 spiro atoms. The maximum absolute atomic E-state index is 11.4. The number of carbonyl (C=O) groups is 1. The topological polar surface area (TPSA) is 26.3 Å². The van der Waals surface area contributed by atoms with Crippen LogP contribution in [-0.2, 0) is 9.53 Å². The lowest BCUT2D eigenvalue weighted by atomic mass is 10.1. The van der Waals surface area contributed by atoms with Gasteiger partial charge in [0.25, 0.3) is 0 Å². The highest BCUT2D eigenvalue weighted by atomic mass is 16.5. The minimum absolute atomic E-state index is 0.0107. The fraction of sp³-hybridized carbons (Fsp3) is 0.933. The Bertz CT molecular complexity index is 178. The van der Waals surface area contributed by atoms with Crippen molar-refractivity contribution in [3.05, 3.63) is 0 Å². The van der Waals surface area contributed by atoms with E-state index in [1.54, 1.807) is 0 Å². The molecule has 0 aromatic carbocycles. The van der Waals surface area contributed by atoms with E-state index in [0.29, 0.717) is 18.9 Å². The van der Waals surface area contributed by atoms with Crippen LogP contribution < -0.4 is 0 Å². The monoisotopic (exact) mass is 242 g/mol. The van der Waals surface area contributed by atoms with Crippen LogP contribution in [0.25, 0.3) is 0 Å². The lowest BCUT2D eigenvalue weighted by molar-refractivity contribution is -0.145. The SMILES string of the molecule is CCCCCCCCC(=O)OCC(C)CCC. The molecule has 0 heterocycles. The lowest BCUT2D eigenvalue weighted by Crippen LogP contribution is -2.11. The number of unbranched alkanes of at least 4 members (excludes halogenated alkanes) is 5. The smallest absolute Gasteiger partial charge is 0.305 e. The van der Waals surface area contributed by atoms with Crippen LogP contribution in [0.4, 0.5) is 0 Å². The summed E-state index contributed by atoms with van der Waals surface area (Å²) in [6.07, 6.45) is 10.2. The number of rotatable bonds is 11. The average molecular weight is 242 g/mol. The van der Waals surface area contributed by atoms with Crippen LogP contribution in [0.5, 0.6) is 0 Å². The van der Waals surface area contributed by atoms with Gasteiger partial charge < -0.3 is 4.74 Å². The third-order valence-corrected chi connectivity index (χ3v) is 3.04. The van der Waals surface area contributed by atoms with Gasteiger partial charge in [-0.05, 0) is 18.8 Å².